The molecule has 0 spiro atoms. The number of methoxy groups -OCH3 is 1. The fourth-order valence-corrected chi connectivity index (χ4v) is 3.77. The molecule has 4 aromatic rings. The lowest BCUT2D eigenvalue weighted by Crippen LogP contribution is -2.20. The average molecular weight is 468 g/mol. The highest BCUT2D eigenvalue weighted by Gasteiger charge is 2.25. The molecular formula is C27H22FN5O2. The van der Waals surface area contributed by atoms with Crippen LogP contribution in [-0.2, 0) is 4.79 Å². The highest BCUT2D eigenvalue weighted by Crippen LogP contribution is 2.33. The van der Waals surface area contributed by atoms with E-state index in [-0.39, 0.29) is 17.8 Å². The third kappa shape index (κ3) is 4.96. The molecule has 5 rings (SSSR count). The first-order valence-corrected chi connectivity index (χ1v) is 11.0. The number of anilines is 2. The van der Waals surface area contributed by atoms with Crippen LogP contribution in [-0.4, -0.2) is 27.8 Å². The highest BCUT2D eigenvalue weighted by molar-refractivity contribution is 6.01. The van der Waals surface area contributed by atoms with Crippen molar-refractivity contribution in [2.24, 2.45) is 0 Å². The Hall–Kier alpha value is -4.72. The molecule has 0 saturated heterocycles. The van der Waals surface area contributed by atoms with Crippen LogP contribution in [0.5, 0.6) is 5.75 Å². The molecule has 0 radical (unpaired) electrons. The van der Waals surface area contributed by atoms with E-state index in [1.807, 2.05) is 54.6 Å². The van der Waals surface area contributed by atoms with Crippen LogP contribution in [0.15, 0.2) is 91.0 Å². The highest BCUT2D eigenvalue weighted by atomic mass is 19.1. The number of rotatable bonds is 6. The van der Waals surface area contributed by atoms with Crippen molar-refractivity contribution in [1.82, 2.24) is 14.8 Å². The second kappa shape index (κ2) is 9.64. The van der Waals surface area contributed by atoms with Gasteiger partial charge in [0.2, 0.25) is 5.95 Å². The van der Waals surface area contributed by atoms with E-state index in [1.165, 1.54) is 18.2 Å². The summed E-state index contributed by atoms with van der Waals surface area (Å²) >= 11 is 0. The number of nitrogens with zero attached hydrogens (tertiary/aromatic N) is 3. The third-order valence-corrected chi connectivity index (χ3v) is 5.54. The van der Waals surface area contributed by atoms with Crippen LogP contribution in [0.4, 0.5) is 16.3 Å². The number of halogens is 1. The van der Waals surface area contributed by atoms with E-state index in [0.29, 0.717) is 11.5 Å². The van der Waals surface area contributed by atoms with E-state index >= 15 is 0 Å². The molecular weight excluding hydrogens is 445 g/mol. The van der Waals surface area contributed by atoms with Crippen molar-refractivity contribution in [3.8, 4) is 5.75 Å². The van der Waals surface area contributed by atoms with Gasteiger partial charge in [-0.25, -0.2) is 9.07 Å². The van der Waals surface area contributed by atoms with E-state index in [9.17, 15) is 9.18 Å². The Morgan fingerprint density at radius 1 is 1.06 bits per heavy atom. The largest absolute Gasteiger partial charge is 0.497 e. The van der Waals surface area contributed by atoms with Gasteiger partial charge in [-0.1, -0.05) is 54.6 Å². The zero-order chi connectivity index (χ0) is 24.2. The van der Waals surface area contributed by atoms with Crippen LogP contribution in [0.1, 0.15) is 22.7 Å². The summed E-state index contributed by atoms with van der Waals surface area (Å²) in [4.78, 5) is 17.0. The van der Waals surface area contributed by atoms with Crippen molar-refractivity contribution in [2.75, 3.05) is 17.7 Å². The number of fused-ring (bicyclic) bond motifs is 1. The second-order valence-electron chi connectivity index (χ2n) is 7.87. The lowest BCUT2D eigenvalue weighted by Gasteiger charge is -2.24. The average Bonchev–Trinajstić information content (AvgIpc) is 3.30. The maximum absolute atomic E-state index is 13.1. The SMILES string of the molecule is COc1ccc(C2C=C(c3ccccc3)Nc3nc(NC(=O)/C=C/c4ccc(F)cc4)nn32)cc1. The number of allylic oxidation sites excluding steroid dienone is 1. The summed E-state index contributed by atoms with van der Waals surface area (Å²) in [6, 6.07) is 23.3. The van der Waals surface area contributed by atoms with Gasteiger partial charge in [-0.15, -0.1) is 5.10 Å². The molecule has 0 fully saturated rings. The standard InChI is InChI=1S/C27H22FN5O2/c1-35-22-14-10-20(11-15-22)24-17-23(19-5-3-2-4-6-19)29-27-31-26(32-33(24)27)30-25(34)16-9-18-7-12-21(28)13-8-18/h2-17,24H,1H3,(H2,29,30,31,32,34)/b16-9+. The van der Waals surface area contributed by atoms with Crippen LogP contribution in [0.2, 0.25) is 0 Å². The van der Waals surface area contributed by atoms with Gasteiger partial charge in [-0.3, -0.25) is 10.1 Å². The zero-order valence-electron chi connectivity index (χ0n) is 18.9. The monoisotopic (exact) mass is 467 g/mol. The fraction of sp³-hybridized carbons (Fsp3) is 0.0741. The minimum Gasteiger partial charge on any atom is -0.497 e. The molecule has 3 aromatic carbocycles. The maximum atomic E-state index is 13.1. The minimum atomic E-state index is -0.394. The summed E-state index contributed by atoms with van der Waals surface area (Å²) in [5.41, 5.74) is 3.59. The predicted octanol–water partition coefficient (Wildman–Crippen LogP) is 5.13. The summed E-state index contributed by atoms with van der Waals surface area (Å²) in [5, 5.41) is 10.6. The molecule has 1 atom stereocenters. The van der Waals surface area contributed by atoms with Gasteiger partial charge in [0, 0.05) is 11.8 Å². The number of benzene rings is 3. The Morgan fingerprint density at radius 3 is 2.51 bits per heavy atom. The van der Waals surface area contributed by atoms with Gasteiger partial charge >= 0.3 is 0 Å². The van der Waals surface area contributed by atoms with E-state index in [0.717, 1.165) is 22.6 Å². The number of ether oxygens (including phenoxy) is 1. The van der Waals surface area contributed by atoms with Crippen LogP contribution >= 0.6 is 0 Å². The van der Waals surface area contributed by atoms with E-state index in [4.69, 9.17) is 4.74 Å². The van der Waals surface area contributed by atoms with Crippen LogP contribution < -0.4 is 15.4 Å². The fourth-order valence-electron chi connectivity index (χ4n) is 3.77. The van der Waals surface area contributed by atoms with Crippen molar-refractivity contribution in [1.29, 1.82) is 0 Å². The number of hydrogen-bond acceptors (Lipinski definition) is 5. The molecule has 1 unspecified atom stereocenters. The smallest absolute Gasteiger partial charge is 0.250 e. The number of aromatic nitrogens is 3. The van der Waals surface area contributed by atoms with Gasteiger partial charge in [-0.05, 0) is 53.1 Å². The van der Waals surface area contributed by atoms with Crippen molar-refractivity contribution in [3.05, 3.63) is 114 Å². The summed E-state index contributed by atoms with van der Waals surface area (Å²) < 4.78 is 20.1. The summed E-state index contributed by atoms with van der Waals surface area (Å²) in [7, 11) is 1.63. The van der Waals surface area contributed by atoms with Crippen molar-refractivity contribution in [3.63, 3.8) is 0 Å². The summed E-state index contributed by atoms with van der Waals surface area (Å²) in [5.74, 6) is 0.707. The lowest BCUT2D eigenvalue weighted by molar-refractivity contribution is -0.111. The van der Waals surface area contributed by atoms with E-state index < -0.39 is 5.91 Å². The Morgan fingerprint density at radius 2 is 1.80 bits per heavy atom. The van der Waals surface area contributed by atoms with Gasteiger partial charge in [0.15, 0.2) is 0 Å². The Bertz CT molecular complexity index is 1390. The first kappa shape index (κ1) is 22.1. The van der Waals surface area contributed by atoms with Gasteiger partial charge in [0.1, 0.15) is 17.6 Å². The number of amides is 1. The molecule has 0 aliphatic carbocycles. The first-order chi connectivity index (χ1) is 17.1. The summed E-state index contributed by atoms with van der Waals surface area (Å²) in [6.07, 6.45) is 5.02. The first-order valence-electron chi connectivity index (χ1n) is 11.0. The molecule has 35 heavy (non-hydrogen) atoms. The molecule has 0 saturated carbocycles. The van der Waals surface area contributed by atoms with Crippen LogP contribution in [0.25, 0.3) is 11.8 Å². The van der Waals surface area contributed by atoms with Crippen molar-refractivity contribution >= 4 is 29.6 Å². The van der Waals surface area contributed by atoms with Crippen molar-refractivity contribution in [2.45, 2.75) is 6.04 Å². The zero-order valence-corrected chi connectivity index (χ0v) is 18.9. The van der Waals surface area contributed by atoms with Gasteiger partial charge in [0.05, 0.1) is 7.11 Å². The molecule has 2 N–H and O–H groups in total. The van der Waals surface area contributed by atoms with E-state index in [1.54, 1.807) is 30.0 Å². The number of nitrogens with one attached hydrogen (secondary N) is 2. The van der Waals surface area contributed by atoms with Crippen molar-refractivity contribution < 1.29 is 13.9 Å². The molecule has 7 nitrogen and oxygen atoms in total. The molecule has 1 amide bonds. The molecule has 8 heteroatoms. The van der Waals surface area contributed by atoms with Crippen LogP contribution in [0, 0.1) is 5.82 Å². The quantitative estimate of drug-likeness (QED) is 0.384. The van der Waals surface area contributed by atoms with Gasteiger partial charge < -0.3 is 10.1 Å². The summed E-state index contributed by atoms with van der Waals surface area (Å²) in [6.45, 7) is 0. The number of hydrogen-bond donors (Lipinski definition) is 2. The molecule has 1 aliphatic heterocycles. The second-order valence-corrected chi connectivity index (χ2v) is 7.87. The number of carbonyl (C=O) groups is 1. The Balaban J connectivity index is 1.42. The predicted molar refractivity (Wildman–Crippen MR) is 133 cm³/mol. The molecule has 1 aliphatic rings. The molecule has 0 bridgehead atoms. The van der Waals surface area contributed by atoms with Crippen LogP contribution in [0.3, 0.4) is 0 Å². The lowest BCUT2D eigenvalue weighted by atomic mass is 10.0. The normalized spacial score (nSPS) is 14.7. The maximum Gasteiger partial charge on any atom is 0.250 e. The third-order valence-electron chi connectivity index (χ3n) is 5.54. The Labute approximate surface area is 201 Å². The minimum absolute atomic E-state index is 0.169. The van der Waals surface area contributed by atoms with Gasteiger partial charge in [-0.2, -0.15) is 4.98 Å². The van der Waals surface area contributed by atoms with E-state index in [2.05, 4.69) is 26.8 Å². The molecule has 2 heterocycles. The Kier molecular flexibility index (Phi) is 6.09. The van der Waals surface area contributed by atoms with Gasteiger partial charge in [0.25, 0.3) is 11.9 Å². The molecule has 174 valence electrons. The topological polar surface area (TPSA) is 81.1 Å². The number of carbonyl (C=O) groups excluding carboxylic acids is 1. The molecule has 1 aromatic heterocycles.